The van der Waals surface area contributed by atoms with Crippen molar-refractivity contribution in [2.45, 2.75) is 34.1 Å². The van der Waals surface area contributed by atoms with Crippen LogP contribution in [0.25, 0.3) is 0 Å². The highest BCUT2D eigenvalue weighted by Gasteiger charge is 1.56. The van der Waals surface area contributed by atoms with Gasteiger partial charge in [-0.25, -0.2) is 0 Å². The molecule has 11 heteroatoms. The van der Waals surface area contributed by atoms with Gasteiger partial charge in [0.1, 0.15) is 0 Å². The Balaban J connectivity index is -0.0000000358. The molecule has 0 unspecified atom stereocenters. The Labute approximate surface area is 94.6 Å². The van der Waals surface area contributed by atoms with Crippen LogP contribution < -0.4 is 29.4 Å². The van der Waals surface area contributed by atoms with Crippen LogP contribution in [0.5, 0.6) is 0 Å². The molecule has 0 aliphatic carbocycles. The summed E-state index contributed by atoms with van der Waals surface area (Å²) in [6.45, 7) is 4.36. The van der Waals surface area contributed by atoms with E-state index in [4.69, 9.17) is 38.5 Å². The lowest BCUT2D eigenvalue weighted by atomic mass is 10.4. The van der Waals surface area contributed by atoms with Crippen LogP contribution in [0.2, 0.25) is 0 Å². The lowest BCUT2D eigenvalue weighted by Crippen LogP contribution is -2.24. The summed E-state index contributed by atoms with van der Waals surface area (Å²) < 4.78 is 17.1. The van der Waals surface area contributed by atoms with Crippen LogP contribution >= 0.6 is 15.6 Å². The monoisotopic (exact) mass is 281 g/mol. The first kappa shape index (κ1) is 29.8. The van der Waals surface area contributed by atoms with Gasteiger partial charge in [0.25, 0.3) is 0 Å². The third-order valence-electron chi connectivity index (χ3n) is 0.500. The normalized spacial score (nSPS) is 9.25. The summed E-state index contributed by atoms with van der Waals surface area (Å²) in [5.41, 5.74) is 0. The van der Waals surface area contributed by atoms with E-state index in [0.29, 0.717) is 0 Å². The minimum absolute atomic E-state index is 0. The minimum atomic E-state index is -5.39. The van der Waals surface area contributed by atoms with Crippen LogP contribution in [0.15, 0.2) is 0 Å². The van der Waals surface area contributed by atoms with Crippen LogP contribution in [0.3, 0.4) is 0 Å². The quantitative estimate of drug-likeness (QED) is 0.439. The molecular formula is C5H15O9P2-7. The number of hydrogen-bond donors (Lipinski definition) is 0. The molecule has 0 saturated carbocycles. The summed E-state index contributed by atoms with van der Waals surface area (Å²) in [4.78, 5) is 51.3. The Bertz CT molecular complexity index is 156. The predicted molar refractivity (Wildman–Crippen MR) is 44.5 cm³/mol. The van der Waals surface area contributed by atoms with Crippen molar-refractivity contribution in [2.75, 3.05) is 0 Å². The Morgan fingerprint density at radius 3 is 0.812 bits per heavy atom. The maximum Gasteiger partial charge on any atom is -0.0564 e. The molecule has 0 aliphatic heterocycles. The van der Waals surface area contributed by atoms with Crippen molar-refractivity contribution in [3.05, 3.63) is 0 Å². The van der Waals surface area contributed by atoms with Crippen molar-refractivity contribution in [3.8, 4) is 0 Å². The summed E-state index contributed by atoms with van der Waals surface area (Å²) in [6.07, 6.45) is 2.64. The van der Waals surface area contributed by atoms with E-state index in [-0.39, 0.29) is 12.9 Å². The molecule has 0 heterocycles. The largest absolute Gasteiger partial charge is 0.870 e. The molecule has 0 radical (unpaired) electrons. The lowest BCUT2D eigenvalue weighted by Gasteiger charge is -2.36. The Hall–Kier alpha value is 0.180. The van der Waals surface area contributed by atoms with E-state index in [0.717, 1.165) is 0 Å². The molecule has 1 N–H and O–H groups in total. The first-order chi connectivity index (χ1) is 5.91. The highest BCUT2D eigenvalue weighted by Crippen LogP contribution is 2.03. The van der Waals surface area contributed by atoms with Gasteiger partial charge >= 0.3 is 0 Å². The van der Waals surface area contributed by atoms with Crippen LogP contribution in [0, 0.1) is 0 Å². The molecule has 0 aromatic heterocycles. The van der Waals surface area contributed by atoms with Gasteiger partial charge in [0, 0.05) is 0 Å². The third kappa shape index (κ3) is 1770. The van der Waals surface area contributed by atoms with Crippen molar-refractivity contribution < 1.29 is 44.0 Å². The second kappa shape index (κ2) is 15.2. The van der Waals surface area contributed by atoms with Crippen molar-refractivity contribution in [2.24, 2.45) is 0 Å². The van der Waals surface area contributed by atoms with Gasteiger partial charge in [-0.05, 0) is 0 Å². The van der Waals surface area contributed by atoms with Crippen LogP contribution in [-0.4, -0.2) is 5.48 Å². The van der Waals surface area contributed by atoms with Crippen LogP contribution in [-0.2, 0) is 9.13 Å². The smallest absolute Gasteiger partial charge is 0.0564 e. The Morgan fingerprint density at radius 2 is 0.812 bits per heavy atom. The molecule has 0 bridgehead atoms. The van der Waals surface area contributed by atoms with E-state index in [1.807, 2.05) is 0 Å². The van der Waals surface area contributed by atoms with Crippen LogP contribution in [0.1, 0.15) is 34.1 Å². The summed E-state index contributed by atoms with van der Waals surface area (Å²) >= 11 is 0. The molecule has 0 spiro atoms. The second-order valence-electron chi connectivity index (χ2n) is 1.89. The van der Waals surface area contributed by atoms with Crippen LogP contribution in [0.4, 0.5) is 0 Å². The van der Waals surface area contributed by atoms with Crippen molar-refractivity contribution in [3.63, 3.8) is 0 Å². The van der Waals surface area contributed by atoms with Crippen molar-refractivity contribution in [1.29, 1.82) is 0 Å². The van der Waals surface area contributed by atoms with Gasteiger partial charge in [-0.3, -0.25) is 0 Å². The Morgan fingerprint density at radius 1 is 0.750 bits per heavy atom. The molecule has 9 nitrogen and oxygen atoms in total. The van der Waals surface area contributed by atoms with Gasteiger partial charge in [-0.1, -0.05) is 34.1 Å². The van der Waals surface area contributed by atoms with E-state index in [1.54, 1.807) is 0 Å². The third-order valence-corrected chi connectivity index (χ3v) is 0.500. The molecule has 16 heavy (non-hydrogen) atoms. The summed E-state index contributed by atoms with van der Waals surface area (Å²) in [5, 5.41) is 0. The molecule has 0 saturated heterocycles. The van der Waals surface area contributed by atoms with E-state index >= 15 is 0 Å². The van der Waals surface area contributed by atoms with E-state index < -0.39 is 15.6 Å². The molecule has 0 aliphatic rings. The van der Waals surface area contributed by atoms with Gasteiger partial charge in [-0.15, -0.1) is 0 Å². The molecule has 0 atom stereocenters. The zero-order chi connectivity index (χ0) is 12.4. The first-order valence-corrected chi connectivity index (χ1v) is 6.30. The van der Waals surface area contributed by atoms with Gasteiger partial charge in [0.15, 0.2) is 0 Å². The number of phosphoric acid groups is 2. The van der Waals surface area contributed by atoms with E-state index in [9.17, 15) is 0 Å². The number of unbranched alkanes of at least 4 members (excludes halogenated alkanes) is 1. The molecule has 0 amide bonds. The van der Waals surface area contributed by atoms with Gasteiger partial charge < -0.3 is 44.0 Å². The molecule has 106 valence electrons. The summed E-state index contributed by atoms with van der Waals surface area (Å²) in [7, 11) is -10.8. The van der Waals surface area contributed by atoms with Crippen molar-refractivity contribution in [1.82, 2.24) is 0 Å². The molecule has 0 rings (SSSR count). The lowest BCUT2D eigenvalue weighted by molar-refractivity contribution is -0.434. The molecule has 0 fully saturated rings. The van der Waals surface area contributed by atoms with Gasteiger partial charge in [0.2, 0.25) is 0 Å². The summed E-state index contributed by atoms with van der Waals surface area (Å²) in [6, 6.07) is 0. The fraction of sp³-hybridized carbons (Fsp3) is 1.00. The van der Waals surface area contributed by atoms with E-state index in [1.165, 1.54) is 12.8 Å². The van der Waals surface area contributed by atoms with Gasteiger partial charge in [-0.2, -0.15) is 15.6 Å². The SMILES string of the molecule is C.CCCC.O=P([O-])([O-])[O-].O=P([O-])([O-])[O-].[OH-]. The minimum Gasteiger partial charge on any atom is -0.870 e. The highest BCUT2D eigenvalue weighted by atomic mass is 31.2. The topological polar surface area (TPSA) is 202 Å². The molecule has 0 aromatic carbocycles. The maximum atomic E-state index is 8.55. The average molecular weight is 281 g/mol. The fourth-order valence-electron chi connectivity index (χ4n) is 0. The van der Waals surface area contributed by atoms with Gasteiger partial charge in [0.05, 0.1) is 0 Å². The number of hydrogen-bond acceptors (Lipinski definition) is 9. The fourth-order valence-corrected chi connectivity index (χ4v) is 0. The molecule has 0 aromatic rings. The first-order valence-electron chi connectivity index (χ1n) is 3.37. The van der Waals surface area contributed by atoms with Crippen molar-refractivity contribution >= 4 is 15.6 Å². The standard InChI is InChI=1S/C4H10.CH4.2H3O4P.H2O/c1-3-4-2;;2*1-5(2,3)4;/h3-4H2,1-2H3;1H4;2*(H3,1,2,3,4);1H2/p-7. The highest BCUT2D eigenvalue weighted by molar-refractivity contribution is 7.40. The zero-order valence-corrected chi connectivity index (χ0v) is 9.81. The average Bonchev–Trinajstić information content (AvgIpc) is 1.79. The predicted octanol–water partition coefficient (Wildman–Crippen LogP) is -3.38. The Kier molecular flexibility index (Phi) is 28.3. The zero-order valence-electron chi connectivity index (χ0n) is 8.02. The second-order valence-corrected chi connectivity index (χ2v) is 3.68. The molecular weight excluding hydrogens is 266 g/mol. The summed E-state index contributed by atoms with van der Waals surface area (Å²) in [5.74, 6) is 0. The number of rotatable bonds is 1. The van der Waals surface area contributed by atoms with E-state index in [2.05, 4.69) is 13.8 Å². The maximum absolute atomic E-state index is 8.55.